The molecule has 13 heteroatoms. The number of pyridine rings is 1. The van der Waals surface area contributed by atoms with Crippen molar-refractivity contribution in [2.75, 3.05) is 20.1 Å². The molecular weight excluding hydrogens is 440 g/mol. The van der Waals surface area contributed by atoms with Gasteiger partial charge in [0.05, 0.1) is 15.0 Å². The summed E-state index contributed by atoms with van der Waals surface area (Å²) in [6, 6.07) is 6.71. The first-order valence-corrected chi connectivity index (χ1v) is 11.9. The second kappa shape index (κ2) is 7.89. The number of sulfone groups is 1. The SMILES string of the molecule is Cc1cc(-c2ccc(S(=O)(=O)C3CN(C)C3)c(S(N)=O)c2-c2nn[nH]n2)cnc1C#N. The van der Waals surface area contributed by atoms with Gasteiger partial charge in [-0.1, -0.05) is 6.07 Å². The molecule has 0 spiro atoms. The van der Waals surface area contributed by atoms with Crippen molar-refractivity contribution < 1.29 is 12.6 Å². The standard InChI is InChI=1S/C18H18N8O3S2/c1-10-5-11(7-21-14(10)6-19)13-3-4-15(31(28,29)12-8-26(2)9-12)17(30(20)27)16(13)18-22-24-25-23-18/h3-5,7,12H,8-9,20H2,1-2H3,(H,22,23,24,25). The first-order valence-electron chi connectivity index (χ1n) is 9.10. The summed E-state index contributed by atoms with van der Waals surface area (Å²) in [6.45, 7) is 2.48. The van der Waals surface area contributed by atoms with E-state index in [1.54, 1.807) is 19.1 Å². The lowest BCUT2D eigenvalue weighted by atomic mass is 9.99. The maximum atomic E-state index is 13.3. The lowest BCUT2D eigenvalue weighted by Gasteiger charge is -2.35. The van der Waals surface area contributed by atoms with Gasteiger partial charge in [0.15, 0.2) is 9.84 Å². The Hall–Kier alpha value is -3.05. The first-order chi connectivity index (χ1) is 14.7. The number of nitrogens with zero attached hydrogens (tertiary/aromatic N) is 6. The Morgan fingerprint density at radius 2 is 2.10 bits per heavy atom. The number of nitrogens with two attached hydrogens (primary N) is 1. The third-order valence-corrected chi connectivity index (χ3v) is 8.25. The highest BCUT2D eigenvalue weighted by atomic mass is 32.2. The van der Waals surface area contributed by atoms with Gasteiger partial charge in [0.25, 0.3) is 0 Å². The van der Waals surface area contributed by atoms with E-state index >= 15 is 0 Å². The van der Waals surface area contributed by atoms with Gasteiger partial charge in [0, 0.05) is 30.4 Å². The molecule has 0 radical (unpaired) electrons. The third kappa shape index (κ3) is 3.63. The minimum absolute atomic E-state index is 0.0496. The molecule has 1 fully saturated rings. The van der Waals surface area contributed by atoms with E-state index in [2.05, 4.69) is 25.6 Å². The quantitative estimate of drug-likeness (QED) is 0.541. The fraction of sp³-hybridized carbons (Fsp3) is 0.278. The Labute approximate surface area is 180 Å². The van der Waals surface area contributed by atoms with E-state index in [0.29, 0.717) is 29.8 Å². The largest absolute Gasteiger partial charge is 0.304 e. The van der Waals surface area contributed by atoms with Crippen LogP contribution in [0.4, 0.5) is 0 Å². The Bertz CT molecular complexity index is 1330. The average Bonchev–Trinajstić information content (AvgIpc) is 3.24. The molecule has 2 aromatic heterocycles. The van der Waals surface area contributed by atoms with Crippen LogP contribution >= 0.6 is 0 Å². The van der Waals surface area contributed by atoms with E-state index < -0.39 is 26.1 Å². The fourth-order valence-corrected chi connectivity index (χ4v) is 6.72. The van der Waals surface area contributed by atoms with Gasteiger partial charge in [-0.25, -0.2) is 22.7 Å². The number of hydrogen-bond donors (Lipinski definition) is 2. The van der Waals surface area contributed by atoms with Crippen molar-refractivity contribution >= 4 is 20.8 Å². The molecule has 0 saturated carbocycles. The van der Waals surface area contributed by atoms with E-state index in [1.165, 1.54) is 12.3 Å². The second-order valence-electron chi connectivity index (χ2n) is 7.24. The number of nitriles is 1. The molecule has 3 heterocycles. The summed E-state index contributed by atoms with van der Waals surface area (Å²) in [5.41, 5.74) is 2.12. The highest BCUT2D eigenvalue weighted by Gasteiger charge is 2.39. The molecule has 0 bridgehead atoms. The van der Waals surface area contributed by atoms with Crippen molar-refractivity contribution in [1.82, 2.24) is 30.5 Å². The topological polar surface area (TPSA) is 172 Å². The van der Waals surface area contributed by atoms with E-state index in [9.17, 15) is 12.6 Å². The van der Waals surface area contributed by atoms with E-state index in [1.807, 2.05) is 18.0 Å². The van der Waals surface area contributed by atoms with Gasteiger partial charge >= 0.3 is 0 Å². The third-order valence-electron chi connectivity index (χ3n) is 5.16. The van der Waals surface area contributed by atoms with Crippen LogP contribution in [0.25, 0.3) is 22.5 Å². The Kier molecular flexibility index (Phi) is 5.40. The fourth-order valence-electron chi connectivity index (χ4n) is 3.57. The van der Waals surface area contributed by atoms with E-state index in [4.69, 9.17) is 10.4 Å². The summed E-state index contributed by atoms with van der Waals surface area (Å²) >= 11 is 0. The minimum atomic E-state index is -3.80. The number of rotatable bonds is 5. The number of tetrazole rings is 1. The number of hydrogen-bond acceptors (Lipinski definition) is 9. The monoisotopic (exact) mass is 458 g/mol. The number of benzene rings is 1. The van der Waals surface area contributed by atoms with Crippen LogP contribution in [0.2, 0.25) is 0 Å². The highest BCUT2D eigenvalue weighted by molar-refractivity contribution is 7.93. The first kappa shape index (κ1) is 21.2. The van der Waals surface area contributed by atoms with Gasteiger partial charge in [-0.3, -0.25) is 0 Å². The van der Waals surface area contributed by atoms with Gasteiger partial charge in [-0.2, -0.15) is 10.5 Å². The van der Waals surface area contributed by atoms with Crippen LogP contribution in [0, 0.1) is 18.3 Å². The number of H-pyrrole nitrogens is 1. The molecule has 3 aromatic rings. The minimum Gasteiger partial charge on any atom is -0.304 e. The molecule has 4 rings (SSSR count). The number of aryl methyl sites for hydroxylation is 1. The van der Waals surface area contributed by atoms with Gasteiger partial charge in [0.2, 0.25) is 5.82 Å². The van der Waals surface area contributed by atoms with Crippen LogP contribution in [0.1, 0.15) is 11.3 Å². The zero-order valence-corrected chi connectivity index (χ0v) is 18.2. The van der Waals surface area contributed by atoms with Crippen molar-refractivity contribution in [2.24, 2.45) is 5.14 Å². The maximum absolute atomic E-state index is 13.3. The van der Waals surface area contributed by atoms with Crippen LogP contribution in [0.15, 0.2) is 34.2 Å². The summed E-state index contributed by atoms with van der Waals surface area (Å²) in [5.74, 6) is 0.0496. The van der Waals surface area contributed by atoms with Gasteiger partial charge in [0.1, 0.15) is 22.7 Å². The Balaban J connectivity index is 2.00. The molecule has 160 valence electrons. The van der Waals surface area contributed by atoms with Gasteiger partial charge < -0.3 is 4.90 Å². The van der Waals surface area contributed by atoms with Crippen LogP contribution in [-0.2, 0) is 20.8 Å². The van der Waals surface area contributed by atoms with Crippen LogP contribution in [-0.4, -0.2) is 68.5 Å². The highest BCUT2D eigenvalue weighted by Crippen LogP contribution is 2.39. The van der Waals surface area contributed by atoms with Crippen molar-refractivity contribution in [1.29, 1.82) is 5.26 Å². The number of aromatic amines is 1. The van der Waals surface area contributed by atoms with Gasteiger partial charge in [-0.15, -0.1) is 10.2 Å². The molecular formula is C18H18N8O3S2. The predicted octanol–water partition coefficient (Wildman–Crippen LogP) is 0.178. The Morgan fingerprint density at radius 3 is 2.65 bits per heavy atom. The summed E-state index contributed by atoms with van der Waals surface area (Å²) in [5, 5.41) is 28.1. The number of aromatic nitrogens is 5. The molecule has 0 amide bonds. The maximum Gasteiger partial charge on any atom is 0.206 e. The molecule has 1 aromatic carbocycles. The zero-order chi connectivity index (χ0) is 22.3. The summed E-state index contributed by atoms with van der Waals surface area (Å²) in [4.78, 5) is 5.82. The van der Waals surface area contributed by atoms with E-state index in [-0.39, 0.29) is 26.9 Å². The lowest BCUT2D eigenvalue weighted by Crippen LogP contribution is -2.52. The molecule has 3 N–H and O–H groups in total. The van der Waals surface area contributed by atoms with Crippen molar-refractivity contribution in [2.45, 2.75) is 22.0 Å². The van der Waals surface area contributed by atoms with Crippen molar-refractivity contribution in [3.63, 3.8) is 0 Å². The molecule has 1 saturated heterocycles. The van der Waals surface area contributed by atoms with Crippen molar-refractivity contribution in [3.8, 4) is 28.6 Å². The van der Waals surface area contributed by atoms with Crippen LogP contribution in [0.5, 0.6) is 0 Å². The van der Waals surface area contributed by atoms with Crippen molar-refractivity contribution in [3.05, 3.63) is 35.7 Å². The molecule has 11 nitrogen and oxygen atoms in total. The van der Waals surface area contributed by atoms with Crippen LogP contribution < -0.4 is 5.14 Å². The molecule has 0 aliphatic carbocycles. The van der Waals surface area contributed by atoms with Crippen LogP contribution in [0.3, 0.4) is 0 Å². The smallest absolute Gasteiger partial charge is 0.206 e. The predicted molar refractivity (Wildman–Crippen MR) is 111 cm³/mol. The molecule has 1 atom stereocenters. The second-order valence-corrected chi connectivity index (χ2v) is 10.4. The summed E-state index contributed by atoms with van der Waals surface area (Å²) < 4.78 is 39.2. The summed E-state index contributed by atoms with van der Waals surface area (Å²) in [7, 11) is -4.15. The number of nitrogens with one attached hydrogen (secondary N) is 1. The summed E-state index contributed by atoms with van der Waals surface area (Å²) in [6.07, 6.45) is 1.47. The zero-order valence-electron chi connectivity index (χ0n) is 16.6. The molecule has 1 aliphatic heterocycles. The molecule has 31 heavy (non-hydrogen) atoms. The molecule has 1 aliphatic rings. The Morgan fingerprint density at radius 1 is 1.35 bits per heavy atom. The average molecular weight is 459 g/mol. The molecule has 1 unspecified atom stereocenters. The normalized spacial score (nSPS) is 15.9. The van der Waals surface area contributed by atoms with Gasteiger partial charge in [-0.05, 0) is 42.4 Å². The lowest BCUT2D eigenvalue weighted by molar-refractivity contribution is 0.231. The van der Waals surface area contributed by atoms with E-state index in [0.717, 1.165) is 0 Å². The number of likely N-dealkylation sites (tertiary alicyclic amines) is 1.